The molecule has 0 N–H and O–H groups in total. The number of rotatable bonds is 40. The number of carbonyl (C=O) groups is 2. The molecule has 0 aliphatic carbocycles. The fraction of sp³-hybridized carbons (Fsp3) is 0.950. The summed E-state index contributed by atoms with van der Waals surface area (Å²) in [7, 11) is -5.90. The third-order valence-electron chi connectivity index (χ3n) is 9.12. The summed E-state index contributed by atoms with van der Waals surface area (Å²) in [6, 6.07) is 1.14. The lowest BCUT2D eigenvalue weighted by Crippen LogP contribution is -2.47. The van der Waals surface area contributed by atoms with Gasteiger partial charge in [0.1, 0.15) is 0 Å². The van der Waals surface area contributed by atoms with Crippen LogP contribution in [0.25, 0.3) is 0 Å². The summed E-state index contributed by atoms with van der Waals surface area (Å²) >= 11 is 0. The van der Waals surface area contributed by atoms with Crippen molar-refractivity contribution in [3.05, 3.63) is 0 Å². The van der Waals surface area contributed by atoms with Gasteiger partial charge >= 0.3 is 29.5 Å². The molecule has 2 atom stereocenters. The van der Waals surface area contributed by atoms with E-state index < -0.39 is 41.8 Å². The molecular weight excluding hydrogens is 713 g/mol. The van der Waals surface area contributed by atoms with Crippen molar-refractivity contribution in [3.8, 4) is 0 Å². The van der Waals surface area contributed by atoms with Gasteiger partial charge in [-0.3, -0.25) is 0 Å². The van der Waals surface area contributed by atoms with Crippen LogP contribution in [0.5, 0.6) is 0 Å². The fourth-order valence-electron chi connectivity index (χ4n) is 5.72. The van der Waals surface area contributed by atoms with Crippen molar-refractivity contribution in [2.45, 2.75) is 194 Å². The minimum atomic E-state index is -2.95. The van der Waals surface area contributed by atoms with Gasteiger partial charge in [0, 0.05) is 51.7 Å². The Morgan fingerprint density at radius 2 is 0.623 bits per heavy atom. The highest BCUT2D eigenvalue weighted by Crippen LogP contribution is 2.27. The highest BCUT2D eigenvalue weighted by molar-refractivity contribution is 6.61. The van der Waals surface area contributed by atoms with Gasteiger partial charge in [0.05, 0.1) is 13.2 Å². The standard InChI is InChI=1S/C40H80O11Si2/c1-7-13-19-29-45-52(46-30-20-14-8-2,47-31-21-15-9-3)35-25-27-43-39(41)37-38(51-37)40(42)44-28-26-36-53(48-32-22-16-10-4,49-33-23-17-11-5)50-34-24-18-12-6/h37-38H,7-36H2,1-6H3. The van der Waals surface area contributed by atoms with E-state index in [1.165, 1.54) is 0 Å². The summed E-state index contributed by atoms with van der Waals surface area (Å²) in [6.45, 7) is 17.0. The summed E-state index contributed by atoms with van der Waals surface area (Å²) in [6.07, 6.45) is 18.2. The van der Waals surface area contributed by atoms with E-state index in [4.69, 9.17) is 40.8 Å². The van der Waals surface area contributed by atoms with Crippen LogP contribution in [0.4, 0.5) is 0 Å². The van der Waals surface area contributed by atoms with Crippen LogP contribution in [0.3, 0.4) is 0 Å². The molecule has 0 saturated carbocycles. The molecule has 1 fully saturated rings. The van der Waals surface area contributed by atoms with Gasteiger partial charge in [-0.15, -0.1) is 0 Å². The molecule has 0 aromatic carbocycles. The average Bonchev–Trinajstić information content (AvgIpc) is 3.97. The first kappa shape index (κ1) is 50.1. The van der Waals surface area contributed by atoms with Crippen LogP contribution in [0.2, 0.25) is 12.1 Å². The van der Waals surface area contributed by atoms with Gasteiger partial charge in [-0.05, 0) is 51.4 Å². The van der Waals surface area contributed by atoms with Crippen molar-refractivity contribution in [1.29, 1.82) is 0 Å². The summed E-state index contributed by atoms with van der Waals surface area (Å²) in [5.74, 6) is -1.10. The largest absolute Gasteiger partial charge is 0.501 e. The number of esters is 2. The quantitative estimate of drug-likeness (QED) is 0.0255. The van der Waals surface area contributed by atoms with E-state index in [1.807, 2.05) is 0 Å². The predicted octanol–water partition coefficient (Wildman–Crippen LogP) is 9.74. The van der Waals surface area contributed by atoms with E-state index in [2.05, 4.69) is 41.5 Å². The molecule has 1 aliphatic rings. The number of unbranched alkanes of at least 4 members (excludes halogenated alkanes) is 12. The first-order valence-corrected chi connectivity index (χ1v) is 25.5. The van der Waals surface area contributed by atoms with E-state index in [9.17, 15) is 9.59 Å². The Bertz CT molecular complexity index is 751. The number of hydrogen-bond donors (Lipinski definition) is 0. The smallest absolute Gasteiger partial charge is 0.464 e. The van der Waals surface area contributed by atoms with E-state index >= 15 is 0 Å². The summed E-state index contributed by atoms with van der Waals surface area (Å²) in [4.78, 5) is 25.6. The Balaban J connectivity index is 2.65. The highest BCUT2D eigenvalue weighted by atomic mass is 28.4. The van der Waals surface area contributed by atoms with Crippen LogP contribution >= 0.6 is 0 Å². The van der Waals surface area contributed by atoms with Crippen molar-refractivity contribution >= 4 is 29.5 Å². The molecule has 1 heterocycles. The van der Waals surface area contributed by atoms with Crippen LogP contribution in [0.1, 0.15) is 170 Å². The summed E-state index contributed by atoms with van der Waals surface area (Å²) in [5.41, 5.74) is 0. The second-order valence-corrected chi connectivity index (χ2v) is 19.7. The van der Waals surface area contributed by atoms with Gasteiger partial charge in [-0.25, -0.2) is 9.59 Å². The van der Waals surface area contributed by atoms with Crippen molar-refractivity contribution in [2.75, 3.05) is 52.9 Å². The number of carbonyl (C=O) groups excluding carboxylic acids is 2. The maximum atomic E-state index is 12.8. The molecule has 0 aromatic heterocycles. The first-order valence-electron chi connectivity index (χ1n) is 21.7. The Hall–Kier alpha value is -0.906. The SMILES string of the molecule is CCCCCO[Si](CCCOC(=O)C1OC1C(=O)OCCC[Si](OCCCCC)(OCCCCC)OCCCCC)(OCCCCC)OCCCCC. The molecule has 0 aromatic rings. The van der Waals surface area contributed by atoms with Gasteiger partial charge in [0.15, 0.2) is 12.2 Å². The third kappa shape index (κ3) is 24.4. The zero-order valence-corrected chi connectivity index (χ0v) is 36.9. The van der Waals surface area contributed by atoms with Gasteiger partial charge in [0.25, 0.3) is 0 Å². The minimum absolute atomic E-state index is 0.172. The molecule has 53 heavy (non-hydrogen) atoms. The molecule has 0 amide bonds. The average molecular weight is 793 g/mol. The second-order valence-electron chi connectivity index (χ2n) is 14.2. The molecule has 13 heteroatoms. The summed E-state index contributed by atoms with van der Waals surface area (Å²) in [5, 5.41) is 0. The lowest BCUT2D eigenvalue weighted by molar-refractivity contribution is -0.147. The van der Waals surface area contributed by atoms with Crippen LogP contribution in [-0.2, 0) is 50.4 Å². The lowest BCUT2D eigenvalue weighted by atomic mass is 10.3. The second kappa shape index (κ2) is 33.3. The Labute approximate surface area is 326 Å². The molecule has 1 aliphatic heterocycles. The van der Waals surface area contributed by atoms with Gasteiger partial charge in [-0.1, -0.05) is 119 Å². The minimum Gasteiger partial charge on any atom is -0.464 e. The number of hydrogen-bond acceptors (Lipinski definition) is 11. The van der Waals surface area contributed by atoms with Gasteiger partial charge in [0.2, 0.25) is 0 Å². The maximum Gasteiger partial charge on any atom is 0.501 e. The van der Waals surface area contributed by atoms with Crippen LogP contribution in [0, 0.1) is 0 Å². The topological polar surface area (TPSA) is 121 Å². The van der Waals surface area contributed by atoms with Gasteiger partial charge in [-0.2, -0.15) is 0 Å². The molecule has 11 nitrogen and oxygen atoms in total. The molecule has 1 saturated heterocycles. The van der Waals surface area contributed by atoms with Crippen molar-refractivity contribution in [3.63, 3.8) is 0 Å². The predicted molar refractivity (Wildman–Crippen MR) is 214 cm³/mol. The zero-order valence-electron chi connectivity index (χ0n) is 34.9. The lowest BCUT2D eigenvalue weighted by Gasteiger charge is -2.30. The highest BCUT2D eigenvalue weighted by Gasteiger charge is 2.53. The normalized spacial score (nSPS) is 15.9. The molecule has 1 rings (SSSR count). The summed E-state index contributed by atoms with van der Waals surface area (Å²) < 4.78 is 55.0. The number of ether oxygens (including phenoxy) is 3. The number of epoxide rings is 1. The van der Waals surface area contributed by atoms with Gasteiger partial charge < -0.3 is 40.8 Å². The monoisotopic (exact) mass is 793 g/mol. The zero-order chi connectivity index (χ0) is 38.9. The van der Waals surface area contributed by atoms with Crippen LogP contribution in [0.15, 0.2) is 0 Å². The van der Waals surface area contributed by atoms with Crippen LogP contribution in [-0.4, -0.2) is 94.6 Å². The maximum absolute atomic E-state index is 12.8. The molecular formula is C40H80O11Si2. The third-order valence-corrected chi connectivity index (χ3v) is 14.9. The molecule has 0 radical (unpaired) electrons. The van der Waals surface area contributed by atoms with Crippen molar-refractivity contribution in [1.82, 2.24) is 0 Å². The van der Waals surface area contributed by atoms with E-state index in [1.54, 1.807) is 0 Å². The van der Waals surface area contributed by atoms with E-state index in [0.29, 0.717) is 64.6 Å². The van der Waals surface area contributed by atoms with Crippen LogP contribution < -0.4 is 0 Å². The molecule has 0 bridgehead atoms. The molecule has 0 spiro atoms. The Morgan fingerprint density at radius 3 is 0.849 bits per heavy atom. The fourth-order valence-corrected chi connectivity index (χ4v) is 11.0. The van der Waals surface area contributed by atoms with E-state index in [-0.39, 0.29) is 13.2 Å². The Morgan fingerprint density at radius 1 is 0.377 bits per heavy atom. The molecule has 314 valence electrons. The Kier molecular flexibility index (Phi) is 31.4. The first-order chi connectivity index (χ1) is 25.9. The van der Waals surface area contributed by atoms with Crippen molar-refractivity contribution in [2.24, 2.45) is 0 Å². The molecule has 2 unspecified atom stereocenters. The van der Waals surface area contributed by atoms with E-state index in [0.717, 1.165) is 116 Å². The van der Waals surface area contributed by atoms with Crippen molar-refractivity contribution < 1.29 is 50.4 Å².